The fraction of sp³-hybridized carbons (Fsp3) is 0.615. The number of fused-ring (bicyclic) bond motifs is 1. The summed E-state index contributed by atoms with van der Waals surface area (Å²) in [6.07, 6.45) is 3.76. The minimum atomic E-state index is 0.161. The van der Waals surface area contributed by atoms with Crippen molar-refractivity contribution in [2.75, 3.05) is 13.2 Å². The summed E-state index contributed by atoms with van der Waals surface area (Å²) in [6, 6.07) is 0. The molecule has 0 aromatic carbocycles. The molecule has 1 saturated heterocycles. The topological polar surface area (TPSA) is 26.3 Å². The van der Waals surface area contributed by atoms with Crippen LogP contribution < -0.4 is 0 Å². The molecule has 0 aromatic rings. The molecule has 0 spiro atoms. The van der Waals surface area contributed by atoms with Gasteiger partial charge in [0.05, 0.1) is 13.2 Å². The first-order chi connectivity index (χ1) is 7.03. The van der Waals surface area contributed by atoms with E-state index < -0.39 is 0 Å². The molecule has 0 saturated carbocycles. The lowest BCUT2D eigenvalue weighted by Crippen LogP contribution is -2.25. The van der Waals surface area contributed by atoms with Gasteiger partial charge in [-0.15, -0.1) is 0 Å². The van der Waals surface area contributed by atoms with Crippen molar-refractivity contribution in [3.63, 3.8) is 0 Å². The summed E-state index contributed by atoms with van der Waals surface area (Å²) in [5, 5.41) is 0. The quantitative estimate of drug-likeness (QED) is 0.616. The number of hydrogen-bond donors (Lipinski definition) is 0. The Hall–Kier alpha value is -0.890. The molecule has 2 rings (SSSR count). The molecular weight excluding hydrogens is 188 g/mol. The Kier molecular flexibility index (Phi) is 2.55. The van der Waals surface area contributed by atoms with Crippen LogP contribution in [-0.2, 0) is 9.53 Å². The van der Waals surface area contributed by atoms with Gasteiger partial charge in [0.1, 0.15) is 0 Å². The van der Waals surface area contributed by atoms with Gasteiger partial charge >= 0.3 is 0 Å². The smallest absolute Gasteiger partial charge is 0.155 e. The number of Topliss-reactive ketones (excluding diaryl/α,β-unsaturated/α-hetero) is 1. The third kappa shape index (κ3) is 1.78. The van der Waals surface area contributed by atoms with Crippen molar-refractivity contribution in [3.05, 3.63) is 23.8 Å². The second-order valence-corrected chi connectivity index (χ2v) is 5.05. The summed E-state index contributed by atoms with van der Waals surface area (Å²) in [5.74, 6) is 0.603. The molecule has 0 bridgehead atoms. The van der Waals surface area contributed by atoms with E-state index >= 15 is 0 Å². The highest BCUT2D eigenvalue weighted by molar-refractivity contribution is 5.93. The van der Waals surface area contributed by atoms with Crippen LogP contribution in [-0.4, -0.2) is 19.0 Å². The molecular formula is C13H18O2. The zero-order valence-electron chi connectivity index (χ0n) is 9.51. The van der Waals surface area contributed by atoms with E-state index in [-0.39, 0.29) is 11.2 Å². The highest BCUT2D eigenvalue weighted by Gasteiger charge is 2.42. The summed E-state index contributed by atoms with van der Waals surface area (Å²) in [4.78, 5) is 11.4. The van der Waals surface area contributed by atoms with Gasteiger partial charge in [-0.05, 0) is 25.3 Å². The van der Waals surface area contributed by atoms with Crippen molar-refractivity contribution in [3.8, 4) is 0 Å². The van der Waals surface area contributed by atoms with Crippen molar-refractivity contribution in [2.24, 2.45) is 11.3 Å². The molecule has 2 unspecified atom stereocenters. The normalized spacial score (nSPS) is 35.7. The van der Waals surface area contributed by atoms with Crippen LogP contribution in [0.2, 0.25) is 0 Å². The summed E-state index contributed by atoms with van der Waals surface area (Å²) < 4.78 is 5.54. The Morgan fingerprint density at radius 1 is 1.67 bits per heavy atom. The maximum Gasteiger partial charge on any atom is 0.155 e. The molecule has 0 N–H and O–H groups in total. The van der Waals surface area contributed by atoms with E-state index in [1.807, 2.05) is 0 Å². The number of rotatable bonds is 1. The van der Waals surface area contributed by atoms with Gasteiger partial charge in [0, 0.05) is 11.3 Å². The monoisotopic (exact) mass is 206 g/mol. The van der Waals surface area contributed by atoms with Gasteiger partial charge in [0.2, 0.25) is 0 Å². The van der Waals surface area contributed by atoms with Crippen molar-refractivity contribution >= 4 is 5.78 Å². The van der Waals surface area contributed by atoms with Crippen molar-refractivity contribution < 1.29 is 9.53 Å². The molecule has 2 aliphatic rings. The van der Waals surface area contributed by atoms with Crippen LogP contribution >= 0.6 is 0 Å². The Morgan fingerprint density at radius 2 is 2.40 bits per heavy atom. The van der Waals surface area contributed by atoms with Crippen LogP contribution in [0.25, 0.3) is 0 Å². The van der Waals surface area contributed by atoms with Gasteiger partial charge in [0.25, 0.3) is 0 Å². The molecule has 2 atom stereocenters. The molecule has 0 amide bonds. The average Bonchev–Trinajstić information content (AvgIpc) is 2.49. The van der Waals surface area contributed by atoms with E-state index in [2.05, 4.69) is 19.6 Å². The second-order valence-electron chi connectivity index (χ2n) is 5.05. The predicted octanol–water partition coefficient (Wildman–Crippen LogP) is 2.50. The summed E-state index contributed by atoms with van der Waals surface area (Å²) in [7, 11) is 0. The third-order valence-electron chi connectivity index (χ3n) is 3.73. The number of hydrogen-bond acceptors (Lipinski definition) is 2. The zero-order valence-corrected chi connectivity index (χ0v) is 9.51. The number of carbonyl (C=O) groups is 1. The standard InChI is InChI=1S/C13H18O2/c1-9-6-11(10(2)14)4-5-13(3)8-15-7-12(9)13/h4,12H,1,5-8H2,2-3H3. The largest absolute Gasteiger partial charge is 0.380 e. The highest BCUT2D eigenvalue weighted by Crippen LogP contribution is 2.45. The van der Waals surface area contributed by atoms with Crippen LogP contribution in [0.3, 0.4) is 0 Å². The predicted molar refractivity (Wildman–Crippen MR) is 59.6 cm³/mol. The number of ether oxygens (including phenoxy) is 1. The Bertz CT molecular complexity index is 340. The van der Waals surface area contributed by atoms with Crippen LogP contribution in [0, 0.1) is 11.3 Å². The van der Waals surface area contributed by atoms with Gasteiger partial charge in [0.15, 0.2) is 5.78 Å². The van der Waals surface area contributed by atoms with Crippen LogP contribution in [0.5, 0.6) is 0 Å². The summed E-state index contributed by atoms with van der Waals surface area (Å²) >= 11 is 0. The minimum absolute atomic E-state index is 0.161. The van der Waals surface area contributed by atoms with E-state index in [4.69, 9.17) is 4.74 Å². The molecule has 1 fully saturated rings. The third-order valence-corrected chi connectivity index (χ3v) is 3.73. The zero-order chi connectivity index (χ0) is 11.1. The average molecular weight is 206 g/mol. The van der Waals surface area contributed by atoms with Gasteiger partial charge in [-0.1, -0.05) is 25.2 Å². The molecule has 0 radical (unpaired) electrons. The van der Waals surface area contributed by atoms with E-state index in [1.165, 1.54) is 0 Å². The molecule has 1 heterocycles. The number of ketones is 1. The van der Waals surface area contributed by atoms with Crippen LogP contribution in [0.1, 0.15) is 26.7 Å². The second kappa shape index (κ2) is 3.60. The molecule has 0 aromatic heterocycles. The van der Waals surface area contributed by atoms with Gasteiger partial charge in [-0.25, -0.2) is 0 Å². The maximum atomic E-state index is 11.4. The molecule has 15 heavy (non-hydrogen) atoms. The summed E-state index contributed by atoms with van der Waals surface area (Å²) in [5.41, 5.74) is 2.25. The van der Waals surface area contributed by atoms with Crippen molar-refractivity contribution in [1.82, 2.24) is 0 Å². The summed E-state index contributed by atoms with van der Waals surface area (Å²) in [6.45, 7) is 9.55. The first-order valence-electron chi connectivity index (χ1n) is 5.48. The fourth-order valence-electron chi connectivity index (χ4n) is 2.59. The molecule has 1 aliphatic heterocycles. The van der Waals surface area contributed by atoms with E-state index in [0.29, 0.717) is 5.92 Å². The van der Waals surface area contributed by atoms with E-state index in [9.17, 15) is 4.79 Å². The molecule has 2 heteroatoms. The van der Waals surface area contributed by atoms with E-state index in [0.717, 1.165) is 37.2 Å². The van der Waals surface area contributed by atoms with Crippen LogP contribution in [0.4, 0.5) is 0 Å². The first-order valence-corrected chi connectivity index (χ1v) is 5.48. The maximum absolute atomic E-state index is 11.4. The number of allylic oxidation sites excluding steroid dienone is 2. The lowest BCUT2D eigenvalue weighted by Gasteiger charge is -2.27. The van der Waals surface area contributed by atoms with Gasteiger partial charge < -0.3 is 4.74 Å². The van der Waals surface area contributed by atoms with Crippen molar-refractivity contribution in [1.29, 1.82) is 0 Å². The van der Waals surface area contributed by atoms with E-state index in [1.54, 1.807) is 6.92 Å². The molecule has 82 valence electrons. The highest BCUT2D eigenvalue weighted by atomic mass is 16.5. The SMILES string of the molecule is C=C1CC(C(C)=O)=CCC2(C)COCC12. The van der Waals surface area contributed by atoms with Gasteiger partial charge in [-0.3, -0.25) is 4.79 Å². The van der Waals surface area contributed by atoms with Gasteiger partial charge in [-0.2, -0.15) is 0 Å². The Balaban J connectivity index is 2.29. The minimum Gasteiger partial charge on any atom is -0.380 e. The Labute approximate surface area is 91.0 Å². The first kappa shape index (κ1) is 10.6. The number of carbonyl (C=O) groups excluding carboxylic acids is 1. The lowest BCUT2D eigenvalue weighted by atomic mass is 9.75. The van der Waals surface area contributed by atoms with Crippen molar-refractivity contribution in [2.45, 2.75) is 26.7 Å². The van der Waals surface area contributed by atoms with Crippen LogP contribution in [0.15, 0.2) is 23.8 Å². The Morgan fingerprint density at radius 3 is 3.07 bits per heavy atom. The fourth-order valence-corrected chi connectivity index (χ4v) is 2.59. The molecule has 1 aliphatic carbocycles. The lowest BCUT2D eigenvalue weighted by molar-refractivity contribution is -0.113. The molecule has 2 nitrogen and oxygen atoms in total.